The van der Waals surface area contributed by atoms with Gasteiger partial charge in [0.25, 0.3) is 0 Å². The molecule has 0 bridgehead atoms. The molecular formula is C17H21Cl2NO2. The van der Waals surface area contributed by atoms with Crippen LogP contribution in [0.25, 0.3) is 0 Å². The number of likely N-dealkylation sites (tertiary alicyclic amines) is 1. The summed E-state index contributed by atoms with van der Waals surface area (Å²) in [6.07, 6.45) is 2.66. The number of nitrogens with zero attached hydrogens (tertiary/aromatic N) is 1. The molecule has 2 fully saturated rings. The molecule has 3 unspecified atom stereocenters. The van der Waals surface area contributed by atoms with Crippen molar-refractivity contribution >= 4 is 29.1 Å². The van der Waals surface area contributed by atoms with Crippen LogP contribution in [-0.2, 0) is 4.79 Å². The number of hydrogen-bond donors (Lipinski definition) is 1. The van der Waals surface area contributed by atoms with E-state index in [0.29, 0.717) is 10.0 Å². The van der Waals surface area contributed by atoms with Gasteiger partial charge < -0.3 is 10.0 Å². The number of halogens is 2. The van der Waals surface area contributed by atoms with Crippen LogP contribution in [0, 0.1) is 5.92 Å². The zero-order chi connectivity index (χ0) is 16.1. The van der Waals surface area contributed by atoms with Crippen molar-refractivity contribution in [1.82, 2.24) is 4.90 Å². The van der Waals surface area contributed by atoms with E-state index in [1.54, 1.807) is 19.9 Å². The molecule has 5 heteroatoms. The van der Waals surface area contributed by atoms with Crippen molar-refractivity contribution in [3.8, 4) is 0 Å². The van der Waals surface area contributed by atoms with E-state index in [1.807, 2.05) is 17.0 Å². The maximum absolute atomic E-state index is 12.8. The van der Waals surface area contributed by atoms with Gasteiger partial charge in [-0.05, 0) is 56.7 Å². The zero-order valence-corrected chi connectivity index (χ0v) is 14.4. The Morgan fingerprint density at radius 2 is 2.09 bits per heavy atom. The lowest BCUT2D eigenvalue weighted by atomic mass is 9.96. The highest BCUT2D eigenvalue weighted by molar-refractivity contribution is 6.35. The molecule has 1 aromatic rings. The number of benzene rings is 1. The summed E-state index contributed by atoms with van der Waals surface area (Å²) < 4.78 is 0. The number of rotatable bonds is 3. The Kier molecular flexibility index (Phi) is 4.17. The maximum atomic E-state index is 12.8. The van der Waals surface area contributed by atoms with E-state index in [0.717, 1.165) is 31.4 Å². The summed E-state index contributed by atoms with van der Waals surface area (Å²) in [5, 5.41) is 11.5. The van der Waals surface area contributed by atoms with Crippen molar-refractivity contribution in [2.75, 3.05) is 6.54 Å². The first-order valence-electron chi connectivity index (χ1n) is 7.77. The van der Waals surface area contributed by atoms with Crippen LogP contribution in [0.4, 0.5) is 0 Å². The number of hydrogen-bond acceptors (Lipinski definition) is 2. The van der Waals surface area contributed by atoms with E-state index in [4.69, 9.17) is 23.2 Å². The van der Waals surface area contributed by atoms with Gasteiger partial charge in [0, 0.05) is 22.5 Å². The predicted octanol–water partition coefficient (Wildman–Crippen LogP) is 3.86. The molecule has 3 nitrogen and oxygen atoms in total. The summed E-state index contributed by atoms with van der Waals surface area (Å²) in [7, 11) is 0. The highest BCUT2D eigenvalue weighted by Crippen LogP contribution is 2.51. The van der Waals surface area contributed by atoms with Gasteiger partial charge in [0.2, 0.25) is 5.91 Å². The highest BCUT2D eigenvalue weighted by Gasteiger charge is 2.50. The van der Waals surface area contributed by atoms with E-state index >= 15 is 0 Å². The largest absolute Gasteiger partial charge is 0.388 e. The second kappa shape index (κ2) is 5.70. The Bertz CT molecular complexity index is 597. The summed E-state index contributed by atoms with van der Waals surface area (Å²) >= 11 is 12.2. The minimum absolute atomic E-state index is 0.0124. The van der Waals surface area contributed by atoms with Gasteiger partial charge in [0.1, 0.15) is 0 Å². The lowest BCUT2D eigenvalue weighted by Crippen LogP contribution is -2.48. The van der Waals surface area contributed by atoms with Gasteiger partial charge >= 0.3 is 0 Å². The van der Waals surface area contributed by atoms with E-state index in [2.05, 4.69) is 0 Å². The summed E-state index contributed by atoms with van der Waals surface area (Å²) in [5.74, 6) is 0.322. The summed E-state index contributed by atoms with van der Waals surface area (Å²) in [5.41, 5.74) is 0.150. The zero-order valence-electron chi connectivity index (χ0n) is 12.9. The standard InChI is InChI=1S/C17H21Cl2NO2/c1-17(2,22)15-4-3-7-20(15)16(21)13-9-12(13)11-6-5-10(18)8-14(11)19/h5-6,8,12-13,15,22H,3-4,7,9H2,1-2H3. The quantitative estimate of drug-likeness (QED) is 0.906. The van der Waals surface area contributed by atoms with Crippen molar-refractivity contribution in [3.63, 3.8) is 0 Å². The third-order valence-electron chi connectivity index (χ3n) is 4.82. The van der Waals surface area contributed by atoms with Crippen LogP contribution < -0.4 is 0 Å². The average molecular weight is 342 g/mol. The van der Waals surface area contributed by atoms with Crippen molar-refractivity contribution in [2.45, 2.75) is 50.7 Å². The summed E-state index contributed by atoms with van der Waals surface area (Å²) in [4.78, 5) is 14.6. The molecule has 1 aliphatic heterocycles. The molecule has 1 saturated heterocycles. The summed E-state index contributed by atoms with van der Waals surface area (Å²) in [6, 6.07) is 5.38. The van der Waals surface area contributed by atoms with E-state index in [1.165, 1.54) is 0 Å². The number of amides is 1. The molecule has 2 aliphatic rings. The van der Waals surface area contributed by atoms with E-state index < -0.39 is 5.60 Å². The first kappa shape index (κ1) is 16.1. The first-order chi connectivity index (χ1) is 10.3. The Morgan fingerprint density at radius 1 is 1.36 bits per heavy atom. The van der Waals surface area contributed by atoms with E-state index in [9.17, 15) is 9.90 Å². The molecule has 22 heavy (non-hydrogen) atoms. The monoisotopic (exact) mass is 341 g/mol. The third kappa shape index (κ3) is 2.99. The molecule has 1 aromatic carbocycles. The second-order valence-corrected chi connectivity index (χ2v) is 7.80. The SMILES string of the molecule is CC(C)(O)C1CCCN1C(=O)C1CC1c1ccc(Cl)cc1Cl. The lowest BCUT2D eigenvalue weighted by molar-refractivity contribution is -0.138. The number of carbonyl (C=O) groups excluding carboxylic acids is 1. The van der Waals surface area contributed by atoms with Gasteiger partial charge in [-0.2, -0.15) is 0 Å². The normalized spacial score (nSPS) is 28.0. The Morgan fingerprint density at radius 3 is 2.73 bits per heavy atom. The van der Waals surface area contributed by atoms with Crippen molar-refractivity contribution < 1.29 is 9.90 Å². The first-order valence-corrected chi connectivity index (χ1v) is 8.52. The van der Waals surface area contributed by atoms with Crippen LogP contribution in [-0.4, -0.2) is 34.1 Å². The van der Waals surface area contributed by atoms with Gasteiger partial charge in [-0.1, -0.05) is 29.3 Å². The fourth-order valence-corrected chi connectivity index (χ4v) is 4.14. The minimum Gasteiger partial charge on any atom is -0.388 e. The van der Waals surface area contributed by atoms with Crippen molar-refractivity contribution in [2.24, 2.45) is 5.92 Å². The van der Waals surface area contributed by atoms with Gasteiger partial charge in [-0.25, -0.2) is 0 Å². The van der Waals surface area contributed by atoms with Crippen molar-refractivity contribution in [1.29, 1.82) is 0 Å². The molecule has 1 aliphatic carbocycles. The fourth-order valence-electron chi connectivity index (χ4n) is 3.59. The Balaban J connectivity index is 1.73. The van der Waals surface area contributed by atoms with Crippen LogP contribution >= 0.6 is 23.2 Å². The molecule has 1 N–H and O–H groups in total. The molecule has 0 aromatic heterocycles. The molecule has 1 amide bonds. The van der Waals surface area contributed by atoms with Gasteiger partial charge in [0.15, 0.2) is 0 Å². The molecule has 0 radical (unpaired) electrons. The molecule has 0 spiro atoms. The fraction of sp³-hybridized carbons (Fsp3) is 0.588. The number of carbonyl (C=O) groups is 1. The smallest absolute Gasteiger partial charge is 0.226 e. The van der Waals surface area contributed by atoms with Gasteiger partial charge in [0.05, 0.1) is 11.6 Å². The summed E-state index contributed by atoms with van der Waals surface area (Å²) in [6.45, 7) is 4.30. The predicted molar refractivity (Wildman–Crippen MR) is 88.3 cm³/mol. The molecule has 3 atom stereocenters. The Hall–Kier alpha value is -0.770. The van der Waals surface area contributed by atoms with Crippen LogP contribution in [0.5, 0.6) is 0 Å². The van der Waals surface area contributed by atoms with Crippen LogP contribution in [0.2, 0.25) is 10.0 Å². The molecule has 1 heterocycles. The van der Waals surface area contributed by atoms with Crippen molar-refractivity contribution in [3.05, 3.63) is 33.8 Å². The topological polar surface area (TPSA) is 40.5 Å². The van der Waals surface area contributed by atoms with Crippen LogP contribution in [0.15, 0.2) is 18.2 Å². The third-order valence-corrected chi connectivity index (χ3v) is 5.38. The second-order valence-electron chi connectivity index (χ2n) is 6.96. The Labute approximate surface area is 141 Å². The molecule has 120 valence electrons. The molecule has 1 saturated carbocycles. The van der Waals surface area contributed by atoms with Crippen LogP contribution in [0.1, 0.15) is 44.6 Å². The minimum atomic E-state index is -0.853. The average Bonchev–Trinajstić information content (AvgIpc) is 3.02. The number of aliphatic hydroxyl groups is 1. The van der Waals surface area contributed by atoms with E-state index in [-0.39, 0.29) is 23.8 Å². The molecular weight excluding hydrogens is 321 g/mol. The lowest BCUT2D eigenvalue weighted by Gasteiger charge is -2.34. The highest BCUT2D eigenvalue weighted by atomic mass is 35.5. The van der Waals surface area contributed by atoms with Gasteiger partial charge in [-0.3, -0.25) is 4.79 Å². The molecule has 3 rings (SSSR count). The maximum Gasteiger partial charge on any atom is 0.226 e. The van der Waals surface area contributed by atoms with Crippen LogP contribution in [0.3, 0.4) is 0 Å². The van der Waals surface area contributed by atoms with Gasteiger partial charge in [-0.15, -0.1) is 0 Å².